The molecule has 3 aliphatic heterocycles. The molecule has 5 heterocycles. The van der Waals surface area contributed by atoms with E-state index in [-0.39, 0.29) is 29.8 Å². The minimum atomic E-state index is -0.819. The highest BCUT2D eigenvalue weighted by atomic mass is 32.2. The van der Waals surface area contributed by atoms with E-state index in [1.165, 1.54) is 12.1 Å². The fourth-order valence-corrected chi connectivity index (χ4v) is 6.34. The quantitative estimate of drug-likeness (QED) is 0.469. The first kappa shape index (κ1) is 26.2. The molecule has 0 bridgehead atoms. The Bertz CT molecular complexity index is 1390. The second-order valence-electron chi connectivity index (χ2n) is 11.1. The van der Waals surface area contributed by atoms with Crippen LogP contribution in [0.1, 0.15) is 37.9 Å². The topological polar surface area (TPSA) is 94.8 Å². The van der Waals surface area contributed by atoms with E-state index in [0.29, 0.717) is 53.4 Å². The summed E-state index contributed by atoms with van der Waals surface area (Å²) in [4.78, 5) is 17.7. The van der Waals surface area contributed by atoms with Crippen molar-refractivity contribution in [1.29, 1.82) is 0 Å². The minimum Gasteiger partial charge on any atom is -0.486 e. The summed E-state index contributed by atoms with van der Waals surface area (Å²) >= 11 is 1.14. The number of hydrogen-bond acceptors (Lipinski definition) is 9. The predicted octanol–water partition coefficient (Wildman–Crippen LogP) is 3.97. The average Bonchev–Trinajstić information content (AvgIpc) is 3.21. The highest BCUT2D eigenvalue weighted by Gasteiger charge is 2.43. The monoisotopic (exact) mass is 555 g/mol. The molecule has 3 aliphatic rings. The largest absolute Gasteiger partial charge is 0.486 e. The lowest BCUT2D eigenvalue weighted by molar-refractivity contribution is 0.00415. The van der Waals surface area contributed by atoms with Crippen molar-refractivity contribution >= 4 is 23.4 Å². The average molecular weight is 556 g/mol. The molecule has 0 unspecified atom stereocenters. The SMILES string of the molecule is CC(C)(O)C1CN(c2nccc(Sc3cnc(N4CCC5(CC4)Cc4ccc(F)cc4O5)c(CO)n3)c2F)C1. The third-order valence-electron chi connectivity index (χ3n) is 8.02. The van der Waals surface area contributed by atoms with Gasteiger partial charge in [0.2, 0.25) is 0 Å². The minimum absolute atomic E-state index is 0.0590. The molecule has 0 radical (unpaired) electrons. The van der Waals surface area contributed by atoms with Crippen molar-refractivity contribution in [2.45, 2.75) is 60.8 Å². The molecule has 0 atom stereocenters. The molecule has 0 aliphatic carbocycles. The van der Waals surface area contributed by atoms with E-state index < -0.39 is 11.4 Å². The van der Waals surface area contributed by atoms with Gasteiger partial charge in [0.15, 0.2) is 17.5 Å². The molecule has 1 spiro atoms. The maximum absolute atomic E-state index is 15.3. The van der Waals surface area contributed by atoms with Crippen molar-refractivity contribution in [3.63, 3.8) is 0 Å². The van der Waals surface area contributed by atoms with Gasteiger partial charge in [-0.05, 0) is 31.5 Å². The van der Waals surface area contributed by atoms with Crippen LogP contribution in [0.15, 0.2) is 46.6 Å². The number of halogens is 2. The third kappa shape index (κ3) is 5.03. The Hall–Kier alpha value is -3.02. The van der Waals surface area contributed by atoms with Gasteiger partial charge in [0.1, 0.15) is 27.9 Å². The summed E-state index contributed by atoms with van der Waals surface area (Å²) in [6, 6.07) is 6.31. The van der Waals surface area contributed by atoms with Gasteiger partial charge in [-0.25, -0.2) is 23.7 Å². The second kappa shape index (κ2) is 9.87. The zero-order chi connectivity index (χ0) is 27.4. The molecule has 6 rings (SSSR count). The van der Waals surface area contributed by atoms with Crippen LogP contribution in [-0.2, 0) is 13.0 Å². The standard InChI is InChI=1S/C28H31F2N5O3S/c1-27(2,37)18-14-35(15-18)26-24(30)22(5-8-31-26)39-23-13-32-25(20(16-36)33-23)34-9-6-28(7-10-34)12-17-3-4-19(29)11-21(17)38-28/h3-5,8,11,13,18,36-37H,6-7,9-10,12,14-16H2,1-2H3. The predicted molar refractivity (Wildman–Crippen MR) is 143 cm³/mol. The van der Waals surface area contributed by atoms with Crippen molar-refractivity contribution in [3.8, 4) is 5.75 Å². The Morgan fingerprint density at radius 2 is 1.87 bits per heavy atom. The Morgan fingerprint density at radius 3 is 2.59 bits per heavy atom. The van der Waals surface area contributed by atoms with E-state index in [1.807, 2.05) is 4.90 Å². The van der Waals surface area contributed by atoms with Crippen molar-refractivity contribution in [3.05, 3.63) is 59.6 Å². The van der Waals surface area contributed by atoms with Crippen LogP contribution in [0.25, 0.3) is 0 Å². The maximum atomic E-state index is 15.3. The summed E-state index contributed by atoms with van der Waals surface area (Å²) < 4.78 is 35.2. The van der Waals surface area contributed by atoms with E-state index in [9.17, 15) is 14.6 Å². The van der Waals surface area contributed by atoms with Crippen LogP contribution in [0.4, 0.5) is 20.4 Å². The van der Waals surface area contributed by atoms with Crippen LogP contribution >= 0.6 is 11.8 Å². The Balaban J connectivity index is 1.13. The number of aromatic nitrogens is 3. The number of aliphatic hydroxyl groups is 2. The Labute approximate surface area is 230 Å². The molecule has 3 aromatic rings. The highest BCUT2D eigenvalue weighted by Crippen LogP contribution is 2.42. The molecule has 206 valence electrons. The first-order chi connectivity index (χ1) is 18.6. The molecule has 2 aromatic heterocycles. The molecule has 11 heteroatoms. The fraction of sp³-hybridized carbons (Fsp3) is 0.464. The fourth-order valence-electron chi connectivity index (χ4n) is 5.54. The number of nitrogens with zero attached hydrogens (tertiary/aromatic N) is 5. The molecular formula is C28H31F2N5O3S. The van der Waals surface area contributed by atoms with Gasteiger partial charge in [-0.2, -0.15) is 0 Å². The van der Waals surface area contributed by atoms with E-state index >= 15 is 4.39 Å². The molecule has 39 heavy (non-hydrogen) atoms. The molecular weight excluding hydrogens is 524 g/mol. The van der Waals surface area contributed by atoms with Crippen LogP contribution in [0.3, 0.4) is 0 Å². The number of hydrogen-bond donors (Lipinski definition) is 2. The van der Waals surface area contributed by atoms with Gasteiger partial charge in [0, 0.05) is 63.6 Å². The number of pyridine rings is 1. The Morgan fingerprint density at radius 1 is 1.10 bits per heavy atom. The van der Waals surface area contributed by atoms with Crippen molar-refractivity contribution in [2.75, 3.05) is 36.0 Å². The number of fused-ring (bicyclic) bond motifs is 1. The summed E-state index contributed by atoms with van der Waals surface area (Å²) in [5.41, 5.74) is 0.287. The van der Waals surface area contributed by atoms with Gasteiger partial charge in [-0.1, -0.05) is 17.8 Å². The van der Waals surface area contributed by atoms with Crippen LogP contribution in [0, 0.1) is 17.6 Å². The lowest BCUT2D eigenvalue weighted by Crippen LogP contribution is -2.56. The van der Waals surface area contributed by atoms with Gasteiger partial charge >= 0.3 is 0 Å². The molecule has 8 nitrogen and oxygen atoms in total. The lowest BCUT2D eigenvalue weighted by Gasteiger charge is -2.45. The zero-order valence-corrected chi connectivity index (χ0v) is 22.7. The zero-order valence-electron chi connectivity index (χ0n) is 21.9. The smallest absolute Gasteiger partial charge is 0.179 e. The number of piperidine rings is 1. The van der Waals surface area contributed by atoms with E-state index in [4.69, 9.17) is 4.74 Å². The first-order valence-electron chi connectivity index (χ1n) is 13.1. The normalized spacial score (nSPS) is 18.7. The Kier molecular flexibility index (Phi) is 6.63. The molecule has 0 saturated carbocycles. The summed E-state index contributed by atoms with van der Waals surface area (Å²) in [7, 11) is 0. The van der Waals surface area contributed by atoms with E-state index in [2.05, 4.69) is 19.9 Å². The summed E-state index contributed by atoms with van der Waals surface area (Å²) in [6.07, 6.45) is 5.39. The molecule has 2 N–H and O–H groups in total. The highest BCUT2D eigenvalue weighted by molar-refractivity contribution is 7.99. The molecule has 0 amide bonds. The summed E-state index contributed by atoms with van der Waals surface area (Å²) in [5.74, 6) is 0.807. The number of rotatable bonds is 6. The van der Waals surface area contributed by atoms with Gasteiger partial charge in [-0.15, -0.1) is 0 Å². The summed E-state index contributed by atoms with van der Waals surface area (Å²) in [5, 5.41) is 20.7. The number of aliphatic hydroxyl groups excluding tert-OH is 1. The van der Waals surface area contributed by atoms with Crippen molar-refractivity contribution in [1.82, 2.24) is 15.0 Å². The van der Waals surface area contributed by atoms with E-state index in [1.54, 1.807) is 38.4 Å². The van der Waals surface area contributed by atoms with Crippen LogP contribution < -0.4 is 14.5 Å². The molecule has 2 saturated heterocycles. The second-order valence-corrected chi connectivity index (χ2v) is 12.2. The van der Waals surface area contributed by atoms with Crippen LogP contribution in [-0.4, -0.2) is 62.5 Å². The third-order valence-corrected chi connectivity index (χ3v) is 8.96. The van der Waals surface area contributed by atoms with E-state index in [0.717, 1.165) is 36.6 Å². The number of benzene rings is 1. The van der Waals surface area contributed by atoms with Gasteiger partial charge in [0.05, 0.1) is 23.3 Å². The first-order valence-corrected chi connectivity index (χ1v) is 13.9. The van der Waals surface area contributed by atoms with Crippen LogP contribution in [0.5, 0.6) is 5.75 Å². The van der Waals surface area contributed by atoms with Crippen molar-refractivity contribution < 1.29 is 23.7 Å². The molecule has 1 aromatic carbocycles. The van der Waals surface area contributed by atoms with Crippen LogP contribution in [0.2, 0.25) is 0 Å². The number of ether oxygens (including phenoxy) is 1. The maximum Gasteiger partial charge on any atom is 0.179 e. The van der Waals surface area contributed by atoms with Crippen molar-refractivity contribution in [2.24, 2.45) is 5.92 Å². The van der Waals surface area contributed by atoms with Gasteiger partial charge < -0.3 is 24.7 Å². The lowest BCUT2D eigenvalue weighted by atomic mass is 9.84. The molecule has 2 fully saturated rings. The van der Waals surface area contributed by atoms with Gasteiger partial charge in [0.25, 0.3) is 0 Å². The number of anilines is 2. The van der Waals surface area contributed by atoms with Gasteiger partial charge in [-0.3, -0.25) is 0 Å². The summed E-state index contributed by atoms with van der Waals surface area (Å²) in [6.45, 7) is 5.63.